The van der Waals surface area contributed by atoms with Gasteiger partial charge in [0.2, 0.25) is 0 Å². The Balaban J connectivity index is 1.30. The van der Waals surface area contributed by atoms with Crippen LogP contribution in [0.2, 0.25) is 0 Å². The molecule has 0 heterocycles. The number of rotatable bonds is 22. The van der Waals surface area contributed by atoms with Crippen molar-refractivity contribution in [2.45, 2.75) is 166 Å². The Morgan fingerprint density at radius 2 is 0.972 bits per heavy atom. The van der Waals surface area contributed by atoms with E-state index in [0.29, 0.717) is 11.6 Å². The molecule has 0 spiro atoms. The summed E-state index contributed by atoms with van der Waals surface area (Å²) in [6.45, 7) is 6.05. The summed E-state index contributed by atoms with van der Waals surface area (Å²) in [6.07, 6.45) is 23.6. The fraction of sp³-hybridized carbons (Fsp3) is 0.938. The first kappa shape index (κ1) is 29.8. The van der Waals surface area contributed by atoms with E-state index in [2.05, 4.69) is 13.8 Å². The molecule has 0 N–H and O–H groups in total. The van der Waals surface area contributed by atoms with Crippen molar-refractivity contribution in [1.29, 1.82) is 0 Å². The quantitative estimate of drug-likeness (QED) is 0.139. The minimum absolute atomic E-state index is 0.0466. The van der Waals surface area contributed by atoms with Crippen molar-refractivity contribution in [2.75, 3.05) is 13.2 Å². The molecular weight excluding hydrogens is 448 g/mol. The molecule has 0 amide bonds. The van der Waals surface area contributed by atoms with Crippen LogP contribution >= 0.6 is 0 Å². The van der Waals surface area contributed by atoms with Crippen LogP contribution in [-0.2, 0) is 19.1 Å². The average Bonchev–Trinajstić information content (AvgIpc) is 2.83. The SMILES string of the molecule is CCCCCC(=O)CCCCCOC12CC3CC(C1)CC(OCCCCCC(=O)CCCCC)(C3)C2. The predicted octanol–water partition coefficient (Wildman–Crippen LogP) is 8.53. The van der Waals surface area contributed by atoms with Gasteiger partial charge in [0.25, 0.3) is 0 Å². The Hall–Kier alpha value is -0.740. The van der Waals surface area contributed by atoms with Gasteiger partial charge < -0.3 is 9.47 Å². The van der Waals surface area contributed by atoms with Gasteiger partial charge in [-0.15, -0.1) is 0 Å². The third-order valence-electron chi connectivity index (χ3n) is 9.09. The van der Waals surface area contributed by atoms with Gasteiger partial charge in [-0.2, -0.15) is 0 Å². The summed E-state index contributed by atoms with van der Waals surface area (Å²) >= 11 is 0. The zero-order chi connectivity index (χ0) is 25.7. The van der Waals surface area contributed by atoms with Gasteiger partial charge in [0.1, 0.15) is 11.6 Å². The van der Waals surface area contributed by atoms with Gasteiger partial charge in [0.05, 0.1) is 11.2 Å². The Labute approximate surface area is 222 Å². The summed E-state index contributed by atoms with van der Waals surface area (Å²) in [5.74, 6) is 2.44. The molecule has 4 fully saturated rings. The van der Waals surface area contributed by atoms with Crippen molar-refractivity contribution in [3.8, 4) is 0 Å². The third-order valence-corrected chi connectivity index (χ3v) is 9.09. The van der Waals surface area contributed by atoms with E-state index in [9.17, 15) is 9.59 Å². The van der Waals surface area contributed by atoms with Gasteiger partial charge in [-0.3, -0.25) is 9.59 Å². The van der Waals surface area contributed by atoms with Gasteiger partial charge >= 0.3 is 0 Å². The average molecular weight is 505 g/mol. The number of hydrogen-bond acceptors (Lipinski definition) is 4. The number of carbonyl (C=O) groups excluding carboxylic acids is 2. The highest BCUT2D eigenvalue weighted by Gasteiger charge is 2.59. The van der Waals surface area contributed by atoms with Gasteiger partial charge in [-0.05, 0) is 82.5 Å². The maximum atomic E-state index is 12.0. The fourth-order valence-electron chi connectivity index (χ4n) is 7.61. The molecule has 0 radical (unpaired) electrons. The second kappa shape index (κ2) is 15.6. The van der Waals surface area contributed by atoms with Crippen molar-refractivity contribution in [3.05, 3.63) is 0 Å². The predicted molar refractivity (Wildman–Crippen MR) is 147 cm³/mol. The largest absolute Gasteiger partial charge is 0.375 e. The van der Waals surface area contributed by atoms with E-state index < -0.39 is 0 Å². The first-order valence-electron chi connectivity index (χ1n) is 15.8. The van der Waals surface area contributed by atoms with Crippen LogP contribution in [-0.4, -0.2) is 36.0 Å². The minimum Gasteiger partial charge on any atom is -0.375 e. The van der Waals surface area contributed by atoms with E-state index in [4.69, 9.17) is 9.47 Å². The smallest absolute Gasteiger partial charge is 0.132 e. The summed E-state index contributed by atoms with van der Waals surface area (Å²) in [5, 5.41) is 0. The van der Waals surface area contributed by atoms with E-state index in [-0.39, 0.29) is 11.2 Å². The van der Waals surface area contributed by atoms with Crippen LogP contribution < -0.4 is 0 Å². The second-order valence-corrected chi connectivity index (χ2v) is 12.6. The molecule has 0 unspecified atom stereocenters. The molecule has 4 saturated carbocycles. The van der Waals surface area contributed by atoms with Crippen molar-refractivity contribution >= 4 is 11.6 Å². The monoisotopic (exact) mass is 504 g/mol. The van der Waals surface area contributed by atoms with Crippen LogP contribution in [0.4, 0.5) is 0 Å². The molecule has 0 atom stereocenters. The van der Waals surface area contributed by atoms with Crippen molar-refractivity contribution in [1.82, 2.24) is 0 Å². The van der Waals surface area contributed by atoms with Crippen molar-refractivity contribution < 1.29 is 19.1 Å². The standard InChI is InChI=1S/C32H56O4/c1-3-5-9-15-29(33)17-11-7-13-19-35-31-22-27-21-28(23-31)25-32(24-27,26-31)36-20-14-8-12-18-30(34)16-10-6-4-2/h27-28H,3-26H2,1-2H3. The number of carbonyl (C=O) groups is 2. The molecule has 4 bridgehead atoms. The lowest BCUT2D eigenvalue weighted by atomic mass is 9.52. The Morgan fingerprint density at radius 1 is 0.583 bits per heavy atom. The summed E-state index contributed by atoms with van der Waals surface area (Å²) in [4.78, 5) is 24.0. The number of hydrogen-bond donors (Lipinski definition) is 0. The fourth-order valence-corrected chi connectivity index (χ4v) is 7.61. The van der Waals surface area contributed by atoms with E-state index >= 15 is 0 Å². The molecule has 0 aromatic heterocycles. The molecule has 0 saturated heterocycles. The molecule has 0 aliphatic heterocycles. The lowest BCUT2D eigenvalue weighted by Gasteiger charge is -2.61. The highest BCUT2D eigenvalue weighted by molar-refractivity contribution is 5.78. The molecule has 4 rings (SSSR count). The van der Waals surface area contributed by atoms with Gasteiger partial charge in [0.15, 0.2) is 0 Å². The molecule has 0 aromatic carbocycles. The normalized spacial score (nSPS) is 28.6. The minimum atomic E-state index is 0.0466. The van der Waals surface area contributed by atoms with Gasteiger partial charge in [-0.1, -0.05) is 52.4 Å². The Bertz CT molecular complexity index is 591. The maximum absolute atomic E-state index is 12.0. The number of Topliss-reactive ketones (excluding diaryl/α,β-unsaturated/α-hetero) is 2. The van der Waals surface area contributed by atoms with E-state index in [1.165, 1.54) is 57.8 Å². The van der Waals surface area contributed by atoms with Crippen LogP contribution in [0.15, 0.2) is 0 Å². The molecule has 4 nitrogen and oxygen atoms in total. The van der Waals surface area contributed by atoms with Crippen LogP contribution in [0.5, 0.6) is 0 Å². The third kappa shape index (κ3) is 9.86. The molecule has 36 heavy (non-hydrogen) atoms. The van der Waals surface area contributed by atoms with Gasteiger partial charge in [-0.25, -0.2) is 0 Å². The zero-order valence-corrected chi connectivity index (χ0v) is 23.8. The van der Waals surface area contributed by atoms with Crippen LogP contribution in [0.1, 0.15) is 155 Å². The number of ketones is 2. The van der Waals surface area contributed by atoms with Crippen LogP contribution in [0.25, 0.3) is 0 Å². The first-order valence-corrected chi connectivity index (χ1v) is 15.8. The second-order valence-electron chi connectivity index (χ2n) is 12.6. The molecule has 208 valence electrons. The zero-order valence-electron chi connectivity index (χ0n) is 23.8. The van der Waals surface area contributed by atoms with Crippen LogP contribution in [0.3, 0.4) is 0 Å². The highest BCUT2D eigenvalue weighted by atomic mass is 16.5. The van der Waals surface area contributed by atoms with Crippen molar-refractivity contribution in [2.24, 2.45) is 11.8 Å². The lowest BCUT2D eigenvalue weighted by Crippen LogP contribution is -2.61. The molecule has 0 aromatic rings. The number of ether oxygens (including phenoxy) is 2. The summed E-state index contributed by atoms with van der Waals surface area (Å²) in [7, 11) is 0. The maximum Gasteiger partial charge on any atom is 0.132 e. The highest BCUT2D eigenvalue weighted by Crippen LogP contribution is 2.60. The molecule has 4 aliphatic carbocycles. The molecule has 4 heteroatoms. The van der Waals surface area contributed by atoms with Crippen LogP contribution in [0, 0.1) is 11.8 Å². The Morgan fingerprint density at radius 3 is 1.36 bits per heavy atom. The first-order chi connectivity index (χ1) is 17.5. The Kier molecular flexibility index (Phi) is 12.9. The van der Waals surface area contributed by atoms with Crippen molar-refractivity contribution in [3.63, 3.8) is 0 Å². The summed E-state index contributed by atoms with van der Waals surface area (Å²) in [5.41, 5.74) is 0.0932. The lowest BCUT2D eigenvalue weighted by molar-refractivity contribution is -0.237. The van der Waals surface area contributed by atoms with E-state index in [0.717, 1.165) is 109 Å². The van der Waals surface area contributed by atoms with E-state index in [1.54, 1.807) is 0 Å². The summed E-state index contributed by atoms with van der Waals surface area (Å²) in [6, 6.07) is 0. The number of unbranched alkanes of at least 4 members (excludes halogenated alkanes) is 8. The summed E-state index contributed by atoms with van der Waals surface area (Å²) < 4.78 is 13.3. The molecular formula is C32H56O4. The van der Waals surface area contributed by atoms with E-state index in [1.807, 2.05) is 0 Å². The molecule has 4 aliphatic rings. The van der Waals surface area contributed by atoms with Gasteiger partial charge in [0, 0.05) is 45.3 Å². The topological polar surface area (TPSA) is 52.6 Å².